The van der Waals surface area contributed by atoms with Gasteiger partial charge in [0.2, 0.25) is 5.91 Å². The molecule has 10 nitrogen and oxygen atoms in total. The molecule has 2 aromatic carbocycles. The highest BCUT2D eigenvalue weighted by atomic mass is 16.5. The Labute approximate surface area is 201 Å². The first-order valence-corrected chi connectivity index (χ1v) is 11.3. The fraction of sp³-hybridized carbons (Fsp3) is 0.280. The number of hydrogen-bond donors (Lipinski definition) is 2. The lowest BCUT2D eigenvalue weighted by atomic mass is 10.1. The van der Waals surface area contributed by atoms with E-state index in [4.69, 9.17) is 10.5 Å². The predicted octanol–water partition coefficient (Wildman–Crippen LogP) is 1.74. The van der Waals surface area contributed by atoms with Crippen LogP contribution in [0.2, 0.25) is 0 Å². The van der Waals surface area contributed by atoms with E-state index in [1.807, 2.05) is 30.3 Å². The second kappa shape index (κ2) is 10.4. The van der Waals surface area contributed by atoms with E-state index in [1.54, 1.807) is 29.2 Å². The molecular weight excluding hydrogens is 450 g/mol. The van der Waals surface area contributed by atoms with Crippen molar-refractivity contribution < 1.29 is 14.3 Å². The summed E-state index contributed by atoms with van der Waals surface area (Å²) in [6.07, 6.45) is 1.30. The van der Waals surface area contributed by atoms with Crippen molar-refractivity contribution in [3.05, 3.63) is 86.6 Å². The van der Waals surface area contributed by atoms with Gasteiger partial charge in [-0.2, -0.15) is 0 Å². The summed E-state index contributed by atoms with van der Waals surface area (Å²) < 4.78 is 6.22. The molecule has 0 unspecified atom stereocenters. The van der Waals surface area contributed by atoms with Gasteiger partial charge in [-0.05, 0) is 36.2 Å². The van der Waals surface area contributed by atoms with Crippen LogP contribution in [0, 0.1) is 0 Å². The number of aromatic nitrogens is 2. The van der Waals surface area contributed by atoms with Gasteiger partial charge in [0, 0.05) is 31.3 Å². The van der Waals surface area contributed by atoms with Crippen molar-refractivity contribution >= 4 is 29.0 Å². The number of aromatic amines is 1. The minimum absolute atomic E-state index is 0.0485. The zero-order valence-electron chi connectivity index (χ0n) is 19.4. The van der Waals surface area contributed by atoms with Gasteiger partial charge in [0.1, 0.15) is 5.82 Å². The molecule has 0 bridgehead atoms. The molecule has 35 heavy (non-hydrogen) atoms. The molecule has 4 rings (SSSR count). The number of nitrogens with zero attached hydrogens (tertiary/aromatic N) is 3. The molecular formula is C25H27N5O5. The Morgan fingerprint density at radius 2 is 1.80 bits per heavy atom. The van der Waals surface area contributed by atoms with E-state index < -0.39 is 17.2 Å². The Balaban J connectivity index is 1.75. The van der Waals surface area contributed by atoms with Gasteiger partial charge in [0.05, 0.1) is 19.7 Å². The van der Waals surface area contributed by atoms with Crippen molar-refractivity contribution in [2.45, 2.75) is 25.9 Å². The van der Waals surface area contributed by atoms with Gasteiger partial charge in [-0.3, -0.25) is 28.8 Å². The van der Waals surface area contributed by atoms with Gasteiger partial charge in [-0.1, -0.05) is 30.3 Å². The fourth-order valence-corrected chi connectivity index (χ4v) is 4.12. The molecule has 0 saturated carbocycles. The van der Waals surface area contributed by atoms with Crippen LogP contribution in [-0.2, 0) is 22.6 Å². The van der Waals surface area contributed by atoms with Crippen molar-refractivity contribution in [1.29, 1.82) is 0 Å². The van der Waals surface area contributed by atoms with Gasteiger partial charge in [-0.25, -0.2) is 4.79 Å². The molecule has 10 heteroatoms. The molecule has 1 saturated heterocycles. The molecule has 0 spiro atoms. The second-order valence-electron chi connectivity index (χ2n) is 8.21. The summed E-state index contributed by atoms with van der Waals surface area (Å²) in [5, 5.41) is 0. The number of H-pyrrole nitrogens is 1. The van der Waals surface area contributed by atoms with E-state index >= 15 is 0 Å². The molecule has 1 fully saturated rings. The quantitative estimate of drug-likeness (QED) is 0.508. The summed E-state index contributed by atoms with van der Waals surface area (Å²) >= 11 is 0. The van der Waals surface area contributed by atoms with E-state index in [2.05, 4.69) is 4.98 Å². The van der Waals surface area contributed by atoms with E-state index in [1.165, 1.54) is 16.6 Å². The van der Waals surface area contributed by atoms with E-state index in [0.29, 0.717) is 24.2 Å². The summed E-state index contributed by atoms with van der Waals surface area (Å²) in [5.41, 5.74) is 6.50. The molecule has 1 aliphatic heterocycles. The maximum absolute atomic E-state index is 13.7. The minimum Gasteiger partial charge on any atom is -0.383 e. The second-order valence-corrected chi connectivity index (χ2v) is 8.21. The molecule has 3 aromatic rings. The number of nitrogen functional groups attached to an aromatic ring is 1. The topological polar surface area (TPSA) is 131 Å². The third kappa shape index (κ3) is 5.02. The number of hydrogen-bond acceptors (Lipinski definition) is 6. The number of methoxy groups -OCH3 is 1. The van der Waals surface area contributed by atoms with Crippen LogP contribution in [-0.4, -0.2) is 41.6 Å². The molecule has 0 radical (unpaired) electrons. The number of anilines is 3. The summed E-state index contributed by atoms with van der Waals surface area (Å²) in [4.78, 5) is 56.2. The monoisotopic (exact) mass is 477 g/mol. The Hall–Kier alpha value is -4.18. The molecule has 0 aliphatic carbocycles. The Morgan fingerprint density at radius 1 is 1.09 bits per heavy atom. The van der Waals surface area contributed by atoms with Crippen LogP contribution in [0.3, 0.4) is 0 Å². The van der Waals surface area contributed by atoms with Crippen LogP contribution in [0.4, 0.5) is 17.2 Å². The molecule has 2 amide bonds. The highest BCUT2D eigenvalue weighted by molar-refractivity contribution is 6.07. The first-order valence-electron chi connectivity index (χ1n) is 11.3. The standard InChI is InChI=1S/C25H27N5O5/c1-35-15-14-29-22(26)21(23(32)27-25(29)34)30(16-17-6-3-2-4-7-17)24(33)18-9-11-19(12-10-18)28-13-5-8-20(28)31/h2-4,6-7,9-12H,5,8,13-16,26H2,1H3,(H,27,32,34). The van der Waals surface area contributed by atoms with Crippen LogP contribution in [0.15, 0.2) is 64.2 Å². The van der Waals surface area contributed by atoms with E-state index in [-0.39, 0.29) is 37.1 Å². The molecule has 2 heterocycles. The van der Waals surface area contributed by atoms with Crippen LogP contribution >= 0.6 is 0 Å². The first kappa shape index (κ1) is 24.0. The lowest BCUT2D eigenvalue weighted by Gasteiger charge is -2.25. The normalized spacial score (nSPS) is 13.3. The first-order chi connectivity index (χ1) is 16.9. The maximum atomic E-state index is 13.7. The van der Waals surface area contributed by atoms with Crippen LogP contribution in [0.5, 0.6) is 0 Å². The van der Waals surface area contributed by atoms with Gasteiger partial charge < -0.3 is 15.4 Å². The number of carbonyl (C=O) groups is 2. The molecule has 1 aliphatic rings. The summed E-state index contributed by atoms with van der Waals surface area (Å²) in [7, 11) is 1.48. The van der Waals surface area contributed by atoms with Crippen LogP contribution < -0.4 is 26.8 Å². The molecule has 3 N–H and O–H groups in total. The summed E-state index contributed by atoms with van der Waals surface area (Å²) in [5.74, 6) is -0.547. The lowest BCUT2D eigenvalue weighted by molar-refractivity contribution is -0.117. The van der Waals surface area contributed by atoms with Gasteiger partial charge in [0.15, 0.2) is 5.69 Å². The average Bonchev–Trinajstić information content (AvgIpc) is 3.29. The van der Waals surface area contributed by atoms with Crippen molar-refractivity contribution in [1.82, 2.24) is 9.55 Å². The maximum Gasteiger partial charge on any atom is 0.330 e. The number of carbonyl (C=O) groups excluding carboxylic acids is 2. The Kier molecular flexibility index (Phi) is 7.11. The Bertz CT molecular complexity index is 1330. The van der Waals surface area contributed by atoms with Crippen molar-refractivity contribution in [3.63, 3.8) is 0 Å². The summed E-state index contributed by atoms with van der Waals surface area (Å²) in [6.45, 7) is 0.999. The molecule has 182 valence electrons. The third-order valence-electron chi connectivity index (χ3n) is 5.93. The van der Waals surface area contributed by atoms with E-state index in [0.717, 1.165) is 12.0 Å². The highest BCUT2D eigenvalue weighted by Crippen LogP contribution is 2.25. The average molecular weight is 478 g/mol. The van der Waals surface area contributed by atoms with E-state index in [9.17, 15) is 19.2 Å². The van der Waals surface area contributed by atoms with Gasteiger partial charge in [0.25, 0.3) is 11.5 Å². The lowest BCUT2D eigenvalue weighted by Crippen LogP contribution is -2.41. The molecule has 0 atom stereocenters. The fourth-order valence-electron chi connectivity index (χ4n) is 4.12. The smallest absolute Gasteiger partial charge is 0.330 e. The number of amides is 2. The van der Waals surface area contributed by atoms with Crippen LogP contribution in [0.25, 0.3) is 0 Å². The number of ether oxygens (including phenoxy) is 1. The summed E-state index contributed by atoms with van der Waals surface area (Å²) in [6, 6.07) is 15.8. The third-order valence-corrected chi connectivity index (χ3v) is 5.93. The van der Waals surface area contributed by atoms with Crippen LogP contribution in [0.1, 0.15) is 28.8 Å². The number of nitrogens with two attached hydrogens (primary N) is 1. The number of rotatable bonds is 8. The predicted molar refractivity (Wildman–Crippen MR) is 133 cm³/mol. The SMILES string of the molecule is COCCn1c(N)c(N(Cc2ccccc2)C(=O)c2ccc(N3CCCC3=O)cc2)c(=O)[nH]c1=O. The zero-order chi connectivity index (χ0) is 24.9. The number of benzene rings is 2. The largest absolute Gasteiger partial charge is 0.383 e. The van der Waals surface area contributed by atoms with Gasteiger partial charge >= 0.3 is 5.69 Å². The van der Waals surface area contributed by atoms with Crippen molar-refractivity contribution in [2.24, 2.45) is 0 Å². The molecule has 1 aromatic heterocycles. The highest BCUT2D eigenvalue weighted by Gasteiger charge is 2.27. The van der Waals surface area contributed by atoms with Crippen molar-refractivity contribution in [2.75, 3.05) is 35.8 Å². The van der Waals surface area contributed by atoms with Gasteiger partial charge in [-0.15, -0.1) is 0 Å². The number of nitrogens with one attached hydrogen (secondary N) is 1. The van der Waals surface area contributed by atoms with Crippen molar-refractivity contribution in [3.8, 4) is 0 Å². The minimum atomic E-state index is -0.760. The zero-order valence-corrected chi connectivity index (χ0v) is 19.4. The Morgan fingerprint density at radius 3 is 2.43 bits per heavy atom.